The first-order valence-corrected chi connectivity index (χ1v) is 9.59. The molecule has 0 spiro atoms. The van der Waals surface area contributed by atoms with Gasteiger partial charge in [0.1, 0.15) is 0 Å². The first-order chi connectivity index (χ1) is 11.8. The highest BCUT2D eigenvalue weighted by Gasteiger charge is 2.39. The van der Waals surface area contributed by atoms with Gasteiger partial charge in [-0.15, -0.1) is 11.3 Å². The monoisotopic (exact) mass is 345 g/mol. The molecule has 2 aromatic rings. The fourth-order valence-electron chi connectivity index (χ4n) is 4.03. The molecule has 4 rings (SSSR count). The maximum absolute atomic E-state index is 12.4. The molecule has 7 heteroatoms. The number of hydrogen-bond donors (Lipinski definition) is 0. The van der Waals surface area contributed by atoms with E-state index < -0.39 is 0 Å². The lowest BCUT2D eigenvalue weighted by Gasteiger charge is -2.47. The molecule has 2 aromatic heterocycles. The van der Waals surface area contributed by atoms with E-state index in [1.807, 2.05) is 24.1 Å². The predicted molar refractivity (Wildman–Crippen MR) is 94.0 cm³/mol. The first-order valence-electron chi connectivity index (χ1n) is 8.71. The van der Waals surface area contributed by atoms with Crippen LogP contribution in [0.2, 0.25) is 0 Å². The van der Waals surface area contributed by atoms with Gasteiger partial charge >= 0.3 is 0 Å². The molecule has 2 aliphatic heterocycles. The van der Waals surface area contributed by atoms with Crippen molar-refractivity contribution in [3.8, 4) is 0 Å². The van der Waals surface area contributed by atoms with Gasteiger partial charge < -0.3 is 14.4 Å². The largest absolute Gasteiger partial charge is 0.348 e. The lowest BCUT2D eigenvalue weighted by molar-refractivity contribution is -0.139. The number of piperidine rings is 2. The summed E-state index contributed by atoms with van der Waals surface area (Å²) in [6, 6.07) is 0.408. The van der Waals surface area contributed by atoms with Crippen LogP contribution in [-0.2, 0) is 11.3 Å². The van der Waals surface area contributed by atoms with Gasteiger partial charge in [-0.05, 0) is 25.2 Å². The zero-order valence-electron chi connectivity index (χ0n) is 13.8. The second-order valence-electron chi connectivity index (χ2n) is 6.66. The molecule has 2 aliphatic rings. The normalized spacial score (nSPS) is 24.2. The highest BCUT2D eigenvalue weighted by molar-refractivity contribution is 7.13. The molecular formula is C17H23N5OS. The lowest BCUT2D eigenvalue weighted by Crippen LogP contribution is -2.56. The topological polar surface area (TPSA) is 54.3 Å². The van der Waals surface area contributed by atoms with E-state index in [-0.39, 0.29) is 0 Å². The van der Waals surface area contributed by atoms with Crippen LogP contribution in [0.3, 0.4) is 0 Å². The van der Waals surface area contributed by atoms with Gasteiger partial charge in [-0.2, -0.15) is 0 Å². The molecule has 1 amide bonds. The van der Waals surface area contributed by atoms with Gasteiger partial charge in [-0.25, -0.2) is 9.97 Å². The molecule has 2 fully saturated rings. The van der Waals surface area contributed by atoms with E-state index in [1.165, 1.54) is 0 Å². The molecule has 0 bridgehead atoms. The number of imidazole rings is 1. The van der Waals surface area contributed by atoms with E-state index in [1.54, 1.807) is 17.5 Å². The Morgan fingerprint density at radius 2 is 2.21 bits per heavy atom. The Balaban J connectivity index is 1.37. The van der Waals surface area contributed by atoms with E-state index in [4.69, 9.17) is 0 Å². The maximum Gasteiger partial charge on any atom is 0.222 e. The number of anilines is 1. The summed E-state index contributed by atoms with van der Waals surface area (Å²) < 4.78 is 2.08. The molecule has 4 heterocycles. The van der Waals surface area contributed by atoms with Gasteiger partial charge in [0.2, 0.25) is 5.91 Å². The Morgan fingerprint density at radius 1 is 1.25 bits per heavy atom. The minimum Gasteiger partial charge on any atom is -0.348 e. The molecule has 2 saturated heterocycles. The molecule has 0 aromatic carbocycles. The summed E-state index contributed by atoms with van der Waals surface area (Å²) in [5.41, 5.74) is 0. The third kappa shape index (κ3) is 3.17. The maximum atomic E-state index is 12.4. The average molecular weight is 345 g/mol. The molecule has 0 aliphatic carbocycles. The summed E-state index contributed by atoms with van der Waals surface area (Å²) in [6.07, 6.45) is 11.2. The molecule has 0 radical (unpaired) electrons. The number of aromatic nitrogens is 3. The Hall–Kier alpha value is -1.89. The van der Waals surface area contributed by atoms with Gasteiger partial charge in [-0.3, -0.25) is 4.79 Å². The van der Waals surface area contributed by atoms with Crippen LogP contribution in [0.5, 0.6) is 0 Å². The number of hydrogen-bond acceptors (Lipinski definition) is 5. The second-order valence-corrected chi connectivity index (χ2v) is 7.53. The molecule has 0 saturated carbocycles. The van der Waals surface area contributed by atoms with E-state index in [2.05, 4.69) is 24.3 Å². The molecule has 24 heavy (non-hydrogen) atoms. The highest BCUT2D eigenvalue weighted by Crippen LogP contribution is 2.33. The summed E-state index contributed by atoms with van der Waals surface area (Å²) in [5.74, 6) is 0.915. The zero-order chi connectivity index (χ0) is 16.4. The van der Waals surface area contributed by atoms with Crippen LogP contribution in [0, 0.1) is 5.92 Å². The van der Waals surface area contributed by atoms with Crippen LogP contribution in [0.15, 0.2) is 30.3 Å². The number of rotatable bonds is 5. The van der Waals surface area contributed by atoms with Crippen LogP contribution in [0.25, 0.3) is 0 Å². The van der Waals surface area contributed by atoms with Gasteiger partial charge in [0, 0.05) is 62.6 Å². The smallest absolute Gasteiger partial charge is 0.222 e. The average Bonchev–Trinajstić information content (AvgIpc) is 3.30. The Labute approximate surface area is 146 Å². The van der Waals surface area contributed by atoms with Crippen LogP contribution in [0.1, 0.15) is 25.7 Å². The molecule has 2 atom stereocenters. The van der Waals surface area contributed by atoms with E-state index in [0.29, 0.717) is 24.3 Å². The summed E-state index contributed by atoms with van der Waals surface area (Å²) in [5, 5.41) is 3.16. The van der Waals surface area contributed by atoms with E-state index >= 15 is 0 Å². The number of fused-ring (bicyclic) bond motifs is 1. The molecule has 0 unspecified atom stereocenters. The van der Waals surface area contributed by atoms with Crippen molar-refractivity contribution in [3.05, 3.63) is 30.3 Å². The SMILES string of the molecule is O=C1CC[C@H]2CN(c3nccs3)CC[C@H]2N1CCCn1ccnc1. The summed E-state index contributed by atoms with van der Waals surface area (Å²) >= 11 is 1.71. The minimum atomic E-state index is 0.338. The lowest BCUT2D eigenvalue weighted by atomic mass is 9.83. The van der Waals surface area contributed by atoms with Gasteiger partial charge in [0.15, 0.2) is 5.13 Å². The second kappa shape index (κ2) is 6.93. The van der Waals surface area contributed by atoms with Crippen molar-refractivity contribution >= 4 is 22.4 Å². The van der Waals surface area contributed by atoms with Crippen LogP contribution >= 0.6 is 11.3 Å². The fraction of sp³-hybridized carbons (Fsp3) is 0.588. The van der Waals surface area contributed by atoms with Crippen LogP contribution in [0.4, 0.5) is 5.13 Å². The molecular weight excluding hydrogens is 322 g/mol. The minimum absolute atomic E-state index is 0.338. The summed E-state index contributed by atoms with van der Waals surface area (Å²) in [7, 11) is 0. The standard InChI is InChI=1S/C17H23N5OS/c23-16-3-2-14-12-21(17-19-6-11-24-17)9-4-15(14)22(16)8-1-7-20-10-5-18-13-20/h5-6,10-11,13-15H,1-4,7-9,12H2/t14-,15+/m0/s1. The van der Waals surface area contributed by atoms with E-state index in [9.17, 15) is 4.79 Å². The number of carbonyl (C=O) groups excluding carboxylic acids is 1. The zero-order valence-corrected chi connectivity index (χ0v) is 14.6. The summed E-state index contributed by atoms with van der Waals surface area (Å²) in [6.45, 7) is 3.81. The van der Waals surface area contributed by atoms with Gasteiger partial charge in [0.05, 0.1) is 6.33 Å². The Morgan fingerprint density at radius 3 is 3.00 bits per heavy atom. The predicted octanol–water partition coefficient (Wildman–Crippen LogP) is 2.25. The van der Waals surface area contributed by atoms with E-state index in [0.717, 1.165) is 50.6 Å². The number of thiazole rings is 1. The third-order valence-electron chi connectivity index (χ3n) is 5.21. The van der Waals surface area contributed by atoms with Crippen LogP contribution < -0.4 is 4.90 Å². The number of amides is 1. The van der Waals surface area contributed by atoms with Crippen LogP contribution in [-0.4, -0.2) is 51.0 Å². The van der Waals surface area contributed by atoms with Crippen molar-refractivity contribution in [2.45, 2.75) is 38.3 Å². The first kappa shape index (κ1) is 15.6. The van der Waals surface area contributed by atoms with Gasteiger partial charge in [0.25, 0.3) is 0 Å². The van der Waals surface area contributed by atoms with Crippen molar-refractivity contribution in [1.29, 1.82) is 0 Å². The highest BCUT2D eigenvalue weighted by atomic mass is 32.1. The van der Waals surface area contributed by atoms with Crippen molar-refractivity contribution < 1.29 is 4.79 Å². The summed E-state index contributed by atoms with van der Waals surface area (Å²) in [4.78, 5) is 25.5. The van der Waals surface area contributed by atoms with Crippen molar-refractivity contribution in [3.63, 3.8) is 0 Å². The molecule has 6 nitrogen and oxygen atoms in total. The molecule has 0 N–H and O–H groups in total. The number of nitrogens with zero attached hydrogens (tertiary/aromatic N) is 5. The van der Waals surface area contributed by atoms with Crippen molar-refractivity contribution in [2.75, 3.05) is 24.5 Å². The Bertz CT molecular complexity index is 657. The van der Waals surface area contributed by atoms with Crippen molar-refractivity contribution in [2.24, 2.45) is 5.92 Å². The number of carbonyl (C=O) groups is 1. The fourth-order valence-corrected chi connectivity index (χ4v) is 4.71. The third-order valence-corrected chi connectivity index (χ3v) is 6.04. The molecule has 128 valence electrons. The van der Waals surface area contributed by atoms with Crippen molar-refractivity contribution in [1.82, 2.24) is 19.4 Å². The van der Waals surface area contributed by atoms with Gasteiger partial charge in [-0.1, -0.05) is 0 Å². The number of aryl methyl sites for hydroxylation is 1. The number of likely N-dealkylation sites (tertiary alicyclic amines) is 1. The Kier molecular flexibility index (Phi) is 4.51. The quantitative estimate of drug-likeness (QED) is 0.834.